The van der Waals surface area contributed by atoms with Crippen LogP contribution in [0.15, 0.2) is 30.6 Å². The van der Waals surface area contributed by atoms with Crippen molar-refractivity contribution >= 4 is 22.7 Å². The number of carbonyl (C=O) groups is 2. The number of aryl methyl sites for hydroxylation is 1. The van der Waals surface area contributed by atoms with Crippen LogP contribution in [0.1, 0.15) is 48.2 Å². The molecule has 1 aliphatic carbocycles. The van der Waals surface area contributed by atoms with Gasteiger partial charge in [0.25, 0.3) is 17.8 Å². The molecule has 0 spiro atoms. The minimum absolute atomic E-state index is 0.112. The number of carbonyl (C=O) groups excluding carboxylic acids is 2. The maximum Gasteiger partial charge on any atom is 0.260 e. The fraction of sp³-hybridized carbons (Fsp3) is 0.435. The van der Waals surface area contributed by atoms with Gasteiger partial charge in [-0.3, -0.25) is 9.59 Å². The molecule has 1 aliphatic heterocycles. The van der Waals surface area contributed by atoms with Crippen LogP contribution in [0.4, 0.5) is 8.78 Å². The summed E-state index contributed by atoms with van der Waals surface area (Å²) < 4.78 is 29.5. The highest BCUT2D eigenvalue weighted by Crippen LogP contribution is 2.38. The van der Waals surface area contributed by atoms with Gasteiger partial charge in [-0.2, -0.15) is 9.78 Å². The quantitative estimate of drug-likeness (QED) is 0.655. The van der Waals surface area contributed by atoms with Crippen molar-refractivity contribution in [2.24, 2.45) is 0 Å². The largest absolute Gasteiger partial charge is 0.349 e. The molecule has 2 aliphatic rings. The molecule has 2 fully saturated rings. The number of amides is 2. The molecule has 1 saturated carbocycles. The van der Waals surface area contributed by atoms with Crippen LogP contribution in [-0.2, 0) is 4.79 Å². The second kappa shape index (κ2) is 8.17. The van der Waals surface area contributed by atoms with Crippen LogP contribution in [0.5, 0.6) is 0 Å². The Bertz CT molecular complexity index is 1210. The Hall–Kier alpha value is -3.43. The van der Waals surface area contributed by atoms with Crippen molar-refractivity contribution in [1.29, 1.82) is 0 Å². The van der Waals surface area contributed by atoms with Crippen molar-refractivity contribution in [2.45, 2.75) is 50.7 Å². The highest BCUT2D eigenvalue weighted by molar-refractivity contribution is 5.94. The summed E-state index contributed by atoms with van der Waals surface area (Å²) in [4.78, 5) is 35.0. The summed E-state index contributed by atoms with van der Waals surface area (Å²) in [6, 6.07) is 4.29. The molecule has 0 atom stereocenters. The highest BCUT2D eigenvalue weighted by Gasteiger charge is 2.47. The van der Waals surface area contributed by atoms with E-state index < -0.39 is 11.6 Å². The molecule has 33 heavy (non-hydrogen) atoms. The van der Waals surface area contributed by atoms with Crippen LogP contribution in [0.3, 0.4) is 0 Å². The second-order valence-electron chi connectivity index (χ2n) is 8.79. The Morgan fingerprint density at radius 3 is 2.48 bits per heavy atom. The zero-order chi connectivity index (χ0) is 23.2. The first kappa shape index (κ1) is 21.4. The van der Waals surface area contributed by atoms with Crippen molar-refractivity contribution < 1.29 is 18.4 Å². The monoisotopic (exact) mass is 454 g/mol. The first-order valence-corrected chi connectivity index (χ1v) is 11.1. The van der Waals surface area contributed by atoms with E-state index in [1.807, 2.05) is 6.92 Å². The van der Waals surface area contributed by atoms with E-state index in [4.69, 9.17) is 0 Å². The molecule has 2 aromatic heterocycles. The molecule has 2 amide bonds. The van der Waals surface area contributed by atoms with Gasteiger partial charge in [-0.25, -0.2) is 18.7 Å². The molecule has 1 aromatic carbocycles. The number of nitrogens with one attached hydrogen (secondary N) is 1. The molecule has 5 rings (SSSR count). The van der Waals surface area contributed by atoms with Gasteiger partial charge >= 0.3 is 0 Å². The third-order valence-electron chi connectivity index (χ3n) is 6.56. The van der Waals surface area contributed by atoms with Gasteiger partial charge in [-0.1, -0.05) is 0 Å². The van der Waals surface area contributed by atoms with Crippen molar-refractivity contribution in [1.82, 2.24) is 30.0 Å². The lowest BCUT2D eigenvalue weighted by molar-refractivity contribution is -0.151. The molecule has 3 heterocycles. The van der Waals surface area contributed by atoms with E-state index in [1.54, 1.807) is 11.0 Å². The number of rotatable bonds is 4. The van der Waals surface area contributed by atoms with E-state index in [9.17, 15) is 18.4 Å². The van der Waals surface area contributed by atoms with Crippen LogP contribution >= 0.6 is 0 Å². The van der Waals surface area contributed by atoms with E-state index >= 15 is 0 Å². The Morgan fingerprint density at radius 2 is 1.85 bits per heavy atom. The number of benzene rings is 1. The average molecular weight is 454 g/mol. The maximum absolute atomic E-state index is 14.4. The fourth-order valence-electron chi connectivity index (χ4n) is 4.42. The number of alkyl halides is 1. The van der Waals surface area contributed by atoms with Gasteiger partial charge < -0.3 is 10.2 Å². The molecule has 0 radical (unpaired) electrons. The Morgan fingerprint density at radius 1 is 1.15 bits per heavy atom. The first-order chi connectivity index (χ1) is 15.8. The van der Waals surface area contributed by atoms with E-state index in [1.165, 1.54) is 29.2 Å². The van der Waals surface area contributed by atoms with Crippen LogP contribution < -0.4 is 5.32 Å². The maximum atomic E-state index is 14.4. The Labute approximate surface area is 189 Å². The van der Waals surface area contributed by atoms with Gasteiger partial charge in [0.05, 0.1) is 16.8 Å². The Balaban J connectivity index is 1.22. The third kappa shape index (κ3) is 3.94. The predicted octanol–water partition coefficient (Wildman–Crippen LogP) is 2.88. The number of piperidine rings is 1. The van der Waals surface area contributed by atoms with E-state index in [2.05, 4.69) is 20.4 Å². The Kier molecular flexibility index (Phi) is 5.30. The van der Waals surface area contributed by atoms with Gasteiger partial charge in [0.1, 0.15) is 5.82 Å². The molecule has 8 nitrogen and oxygen atoms in total. The van der Waals surface area contributed by atoms with E-state index in [0.717, 1.165) is 17.5 Å². The lowest BCUT2D eigenvalue weighted by Gasteiger charge is -2.40. The zero-order valence-electron chi connectivity index (χ0n) is 18.2. The molecule has 0 unspecified atom stereocenters. The van der Waals surface area contributed by atoms with Crippen LogP contribution in [0, 0.1) is 12.7 Å². The van der Waals surface area contributed by atoms with Crippen molar-refractivity contribution in [3.8, 4) is 5.95 Å². The lowest BCUT2D eigenvalue weighted by Crippen LogP contribution is -2.54. The number of aromatic nitrogens is 4. The standard InChI is InChI=1S/C23H24F2N6O2/c1-14-18-4-3-16(24)11-19(18)31(29-14)22-26-12-15(13-27-22)20(32)28-17-5-9-30(10-6-17)21(33)23(25)7-2-8-23/h3-4,11-13,17H,2,5-10H2,1H3,(H,28,32). The van der Waals surface area contributed by atoms with Gasteiger partial charge in [0.2, 0.25) is 0 Å². The minimum atomic E-state index is -1.68. The summed E-state index contributed by atoms with van der Waals surface area (Å²) in [5.74, 6) is -0.886. The molecule has 3 aromatic rings. The van der Waals surface area contributed by atoms with Crippen molar-refractivity contribution in [2.75, 3.05) is 13.1 Å². The second-order valence-corrected chi connectivity index (χ2v) is 8.79. The zero-order valence-corrected chi connectivity index (χ0v) is 18.2. The first-order valence-electron chi connectivity index (χ1n) is 11.1. The topological polar surface area (TPSA) is 93.0 Å². The highest BCUT2D eigenvalue weighted by atomic mass is 19.1. The number of hydrogen-bond acceptors (Lipinski definition) is 5. The minimum Gasteiger partial charge on any atom is -0.349 e. The summed E-state index contributed by atoms with van der Waals surface area (Å²) in [7, 11) is 0. The summed E-state index contributed by atoms with van der Waals surface area (Å²) in [5, 5.41) is 8.12. The fourth-order valence-corrected chi connectivity index (χ4v) is 4.42. The predicted molar refractivity (Wildman–Crippen MR) is 116 cm³/mol. The normalized spacial score (nSPS) is 18.2. The van der Waals surface area contributed by atoms with Crippen molar-refractivity contribution in [3.63, 3.8) is 0 Å². The van der Waals surface area contributed by atoms with Crippen LogP contribution in [0.25, 0.3) is 16.9 Å². The van der Waals surface area contributed by atoms with Gasteiger partial charge in [0.15, 0.2) is 5.67 Å². The number of likely N-dealkylation sites (tertiary alicyclic amines) is 1. The molecule has 0 bridgehead atoms. The summed E-state index contributed by atoms with van der Waals surface area (Å²) in [6.45, 7) is 2.66. The molecule has 1 saturated heterocycles. The van der Waals surface area contributed by atoms with Crippen LogP contribution in [0.2, 0.25) is 0 Å². The summed E-state index contributed by atoms with van der Waals surface area (Å²) in [6.07, 6.45) is 5.31. The number of nitrogens with zero attached hydrogens (tertiary/aromatic N) is 5. The average Bonchev–Trinajstić information content (AvgIpc) is 3.13. The smallest absolute Gasteiger partial charge is 0.260 e. The molecule has 10 heteroatoms. The third-order valence-corrected chi connectivity index (χ3v) is 6.56. The van der Waals surface area contributed by atoms with Gasteiger partial charge in [-0.05, 0) is 51.2 Å². The van der Waals surface area contributed by atoms with Crippen LogP contribution in [-0.4, -0.2) is 61.3 Å². The van der Waals surface area contributed by atoms with E-state index in [-0.39, 0.29) is 29.3 Å². The molecule has 172 valence electrons. The van der Waals surface area contributed by atoms with Gasteiger partial charge in [-0.15, -0.1) is 0 Å². The van der Waals surface area contributed by atoms with Gasteiger partial charge in [0, 0.05) is 43.0 Å². The number of hydrogen-bond donors (Lipinski definition) is 1. The van der Waals surface area contributed by atoms with E-state index in [0.29, 0.717) is 44.3 Å². The lowest BCUT2D eigenvalue weighted by atomic mass is 9.80. The summed E-state index contributed by atoms with van der Waals surface area (Å²) in [5.41, 5.74) is -0.132. The molecular formula is C23H24F2N6O2. The molecule has 1 N–H and O–H groups in total. The van der Waals surface area contributed by atoms with Crippen molar-refractivity contribution in [3.05, 3.63) is 47.7 Å². The molecular weight excluding hydrogens is 430 g/mol. The number of halogens is 2. The number of fused-ring (bicyclic) bond motifs is 1. The SMILES string of the molecule is Cc1nn(-c2ncc(C(=O)NC3CCN(C(=O)C4(F)CCC4)CC3)cn2)c2cc(F)ccc12. The summed E-state index contributed by atoms with van der Waals surface area (Å²) >= 11 is 0.